The summed E-state index contributed by atoms with van der Waals surface area (Å²) < 4.78 is 19.6. The summed E-state index contributed by atoms with van der Waals surface area (Å²) in [7, 11) is 1.63. The van der Waals surface area contributed by atoms with Crippen molar-refractivity contribution in [1.82, 2.24) is 5.43 Å². The van der Waals surface area contributed by atoms with Crippen molar-refractivity contribution in [2.24, 2.45) is 5.84 Å². The van der Waals surface area contributed by atoms with Gasteiger partial charge in [0.15, 0.2) is 0 Å². The fourth-order valence-electron chi connectivity index (χ4n) is 2.13. The Labute approximate surface area is 126 Å². The van der Waals surface area contributed by atoms with Gasteiger partial charge in [-0.05, 0) is 41.8 Å². The van der Waals surface area contributed by atoms with E-state index in [9.17, 15) is 4.39 Å². The van der Waals surface area contributed by atoms with Gasteiger partial charge >= 0.3 is 0 Å². The van der Waals surface area contributed by atoms with Crippen molar-refractivity contribution in [3.05, 3.63) is 63.9 Å². The number of halogens is 2. The number of rotatable bonds is 5. The van der Waals surface area contributed by atoms with Crippen LogP contribution in [0, 0.1) is 5.82 Å². The summed E-state index contributed by atoms with van der Waals surface area (Å²) >= 11 is 3.43. The topological polar surface area (TPSA) is 47.3 Å². The minimum atomic E-state index is -0.288. The SMILES string of the molecule is COc1ccccc1CC(NN)c1cc(F)ccc1Br. The highest BCUT2D eigenvalue weighted by Crippen LogP contribution is 2.29. The Morgan fingerprint density at radius 1 is 1.30 bits per heavy atom. The van der Waals surface area contributed by atoms with E-state index in [2.05, 4.69) is 21.4 Å². The van der Waals surface area contributed by atoms with Gasteiger partial charge in [0, 0.05) is 4.47 Å². The Morgan fingerprint density at radius 2 is 2.05 bits per heavy atom. The molecule has 0 aliphatic heterocycles. The Kier molecular flexibility index (Phi) is 5.11. The van der Waals surface area contributed by atoms with Gasteiger partial charge in [-0.1, -0.05) is 34.1 Å². The maximum absolute atomic E-state index is 13.4. The number of ether oxygens (including phenoxy) is 1. The lowest BCUT2D eigenvalue weighted by atomic mass is 9.98. The number of methoxy groups -OCH3 is 1. The molecule has 0 saturated carbocycles. The van der Waals surface area contributed by atoms with Crippen molar-refractivity contribution in [3.8, 4) is 5.75 Å². The molecule has 3 N–H and O–H groups in total. The summed E-state index contributed by atoms with van der Waals surface area (Å²) in [5.74, 6) is 6.13. The van der Waals surface area contributed by atoms with Gasteiger partial charge in [-0.15, -0.1) is 0 Å². The molecule has 2 aromatic carbocycles. The smallest absolute Gasteiger partial charge is 0.123 e. The molecule has 0 amide bonds. The second-order valence-corrected chi connectivity index (χ2v) is 5.26. The standard InChI is InChI=1S/C15H16BrFN2O/c1-20-15-5-3-2-4-10(15)8-14(19-18)12-9-11(17)6-7-13(12)16/h2-7,9,14,19H,8,18H2,1H3. The van der Waals surface area contributed by atoms with E-state index in [4.69, 9.17) is 10.6 Å². The number of hydrazine groups is 1. The van der Waals surface area contributed by atoms with Gasteiger partial charge in [0.25, 0.3) is 0 Å². The monoisotopic (exact) mass is 338 g/mol. The molecular formula is C15H16BrFN2O. The molecule has 0 aliphatic rings. The Balaban J connectivity index is 2.31. The number of benzene rings is 2. The number of para-hydroxylation sites is 1. The zero-order valence-corrected chi connectivity index (χ0v) is 12.7. The number of nitrogens with one attached hydrogen (secondary N) is 1. The Bertz CT molecular complexity index is 592. The van der Waals surface area contributed by atoms with E-state index in [1.54, 1.807) is 13.2 Å². The van der Waals surface area contributed by atoms with Gasteiger partial charge in [0.05, 0.1) is 13.2 Å². The van der Waals surface area contributed by atoms with Crippen LogP contribution in [-0.2, 0) is 6.42 Å². The predicted molar refractivity (Wildman–Crippen MR) is 80.9 cm³/mol. The fourth-order valence-corrected chi connectivity index (χ4v) is 2.65. The third-order valence-corrected chi connectivity index (χ3v) is 3.87. The molecule has 0 spiro atoms. The molecule has 0 aromatic heterocycles. The number of hydrogen-bond acceptors (Lipinski definition) is 3. The van der Waals surface area contributed by atoms with Crippen molar-refractivity contribution in [2.75, 3.05) is 7.11 Å². The van der Waals surface area contributed by atoms with E-state index in [0.29, 0.717) is 6.42 Å². The zero-order valence-electron chi connectivity index (χ0n) is 11.1. The summed E-state index contributed by atoms with van der Waals surface area (Å²) in [4.78, 5) is 0. The second kappa shape index (κ2) is 6.83. The minimum Gasteiger partial charge on any atom is -0.496 e. The molecule has 5 heteroatoms. The van der Waals surface area contributed by atoms with E-state index in [0.717, 1.165) is 21.3 Å². The molecule has 0 bridgehead atoms. The first-order valence-electron chi connectivity index (χ1n) is 6.18. The Morgan fingerprint density at radius 3 is 2.75 bits per heavy atom. The quantitative estimate of drug-likeness (QED) is 0.649. The van der Waals surface area contributed by atoms with Crippen molar-refractivity contribution in [3.63, 3.8) is 0 Å². The van der Waals surface area contributed by atoms with Gasteiger partial charge in [-0.2, -0.15) is 0 Å². The van der Waals surface area contributed by atoms with Gasteiger partial charge in [0.2, 0.25) is 0 Å². The van der Waals surface area contributed by atoms with Crippen LogP contribution < -0.4 is 16.0 Å². The van der Waals surface area contributed by atoms with Crippen LogP contribution in [-0.4, -0.2) is 7.11 Å². The molecule has 20 heavy (non-hydrogen) atoms. The molecular weight excluding hydrogens is 323 g/mol. The first-order valence-corrected chi connectivity index (χ1v) is 6.98. The molecule has 1 unspecified atom stereocenters. The molecule has 0 saturated heterocycles. The van der Waals surface area contributed by atoms with Crippen LogP contribution in [0.15, 0.2) is 46.9 Å². The second-order valence-electron chi connectivity index (χ2n) is 4.40. The van der Waals surface area contributed by atoms with Gasteiger partial charge in [0.1, 0.15) is 11.6 Å². The zero-order chi connectivity index (χ0) is 14.5. The lowest BCUT2D eigenvalue weighted by Crippen LogP contribution is -2.30. The average molecular weight is 339 g/mol. The van der Waals surface area contributed by atoms with Gasteiger partial charge in [-0.3, -0.25) is 11.3 Å². The van der Waals surface area contributed by atoms with Crippen LogP contribution in [0.4, 0.5) is 4.39 Å². The minimum absolute atomic E-state index is 0.212. The van der Waals surface area contributed by atoms with Crippen LogP contribution in [0.5, 0.6) is 5.75 Å². The third-order valence-electron chi connectivity index (χ3n) is 3.15. The molecule has 2 rings (SSSR count). The summed E-state index contributed by atoms with van der Waals surface area (Å²) in [6.45, 7) is 0. The highest BCUT2D eigenvalue weighted by atomic mass is 79.9. The van der Waals surface area contributed by atoms with E-state index in [1.165, 1.54) is 12.1 Å². The normalized spacial score (nSPS) is 12.2. The maximum Gasteiger partial charge on any atom is 0.123 e. The first-order chi connectivity index (χ1) is 9.65. The molecule has 2 aromatic rings. The van der Waals surface area contributed by atoms with Gasteiger partial charge < -0.3 is 4.74 Å². The maximum atomic E-state index is 13.4. The molecule has 1 atom stereocenters. The number of nitrogens with two attached hydrogens (primary N) is 1. The average Bonchev–Trinajstić information content (AvgIpc) is 2.48. The molecule has 0 heterocycles. The lowest BCUT2D eigenvalue weighted by Gasteiger charge is -2.19. The van der Waals surface area contributed by atoms with E-state index in [-0.39, 0.29) is 11.9 Å². The molecule has 106 valence electrons. The fraction of sp³-hybridized carbons (Fsp3) is 0.200. The molecule has 3 nitrogen and oxygen atoms in total. The molecule has 0 fully saturated rings. The lowest BCUT2D eigenvalue weighted by molar-refractivity contribution is 0.405. The summed E-state index contributed by atoms with van der Waals surface area (Å²) in [5, 5.41) is 0. The van der Waals surface area contributed by atoms with Crippen LogP contribution in [0.2, 0.25) is 0 Å². The molecule has 0 aliphatic carbocycles. The Hall–Kier alpha value is -1.43. The van der Waals surface area contributed by atoms with Crippen molar-refractivity contribution >= 4 is 15.9 Å². The largest absolute Gasteiger partial charge is 0.496 e. The van der Waals surface area contributed by atoms with Crippen molar-refractivity contribution in [2.45, 2.75) is 12.5 Å². The van der Waals surface area contributed by atoms with E-state index in [1.807, 2.05) is 24.3 Å². The highest BCUT2D eigenvalue weighted by Gasteiger charge is 2.16. The highest BCUT2D eigenvalue weighted by molar-refractivity contribution is 9.10. The van der Waals surface area contributed by atoms with Crippen molar-refractivity contribution in [1.29, 1.82) is 0 Å². The first kappa shape index (κ1) is 15.0. The van der Waals surface area contributed by atoms with Crippen molar-refractivity contribution < 1.29 is 9.13 Å². The third kappa shape index (κ3) is 3.36. The number of hydrogen-bond donors (Lipinski definition) is 2. The van der Waals surface area contributed by atoms with Crippen LogP contribution in [0.25, 0.3) is 0 Å². The van der Waals surface area contributed by atoms with E-state index >= 15 is 0 Å². The summed E-state index contributed by atoms with van der Waals surface area (Å²) in [6.07, 6.45) is 0.600. The van der Waals surface area contributed by atoms with Crippen LogP contribution in [0.3, 0.4) is 0 Å². The van der Waals surface area contributed by atoms with Gasteiger partial charge in [-0.25, -0.2) is 4.39 Å². The molecule has 0 radical (unpaired) electrons. The van der Waals surface area contributed by atoms with E-state index < -0.39 is 0 Å². The predicted octanol–water partition coefficient (Wildman–Crippen LogP) is 3.34. The van der Waals surface area contributed by atoms with Crippen LogP contribution in [0.1, 0.15) is 17.2 Å². The van der Waals surface area contributed by atoms with Crippen LogP contribution >= 0.6 is 15.9 Å². The summed E-state index contributed by atoms with van der Waals surface area (Å²) in [5.41, 5.74) is 4.52. The summed E-state index contributed by atoms with van der Waals surface area (Å²) in [6, 6.07) is 12.1.